The largest absolute Gasteiger partial charge is 0.493 e. The summed E-state index contributed by atoms with van der Waals surface area (Å²) in [6.07, 6.45) is 1.05. The van der Waals surface area contributed by atoms with Crippen molar-refractivity contribution >= 4 is 21.4 Å². The van der Waals surface area contributed by atoms with Gasteiger partial charge in [-0.3, -0.25) is 0 Å². The minimum absolute atomic E-state index is 0.117. The van der Waals surface area contributed by atoms with E-state index in [-0.39, 0.29) is 11.5 Å². The second kappa shape index (κ2) is 8.46. The molecule has 1 aromatic carbocycles. The number of methoxy groups -OCH3 is 1. The van der Waals surface area contributed by atoms with Crippen LogP contribution in [0.5, 0.6) is 11.5 Å². The molecule has 0 unspecified atom stereocenters. The molecular weight excluding hydrogens is 314 g/mol. The van der Waals surface area contributed by atoms with E-state index >= 15 is 0 Å². The average Bonchev–Trinajstić information content (AvgIpc) is 2.45. The van der Waals surface area contributed by atoms with Crippen LogP contribution in [0.25, 0.3) is 0 Å². The third-order valence-electron chi connectivity index (χ3n) is 3.02. The fraction of sp³-hybridized carbons (Fsp3) is 0.571. The summed E-state index contributed by atoms with van der Waals surface area (Å²) in [7, 11) is -1.44. The molecule has 0 saturated carbocycles. The Hall–Kier alpha value is -0.980. The van der Waals surface area contributed by atoms with Gasteiger partial charge in [-0.25, -0.2) is 8.42 Å². The molecule has 0 fully saturated rings. The topological polar surface area (TPSA) is 78.6 Å². The van der Waals surface area contributed by atoms with Crippen LogP contribution in [0.2, 0.25) is 5.02 Å². The number of benzene rings is 1. The van der Waals surface area contributed by atoms with Crippen LogP contribution in [0.4, 0.5) is 0 Å². The van der Waals surface area contributed by atoms with Crippen molar-refractivity contribution in [3.63, 3.8) is 0 Å². The second-order valence-corrected chi connectivity index (χ2v) is 7.48. The van der Waals surface area contributed by atoms with Crippen LogP contribution in [0, 0.1) is 0 Å². The SMILES string of the molecule is CCS(=O)(=O)CCCOc1c(CCN)cc(Cl)cc1OC. The molecular formula is C14H22ClNO4S. The van der Waals surface area contributed by atoms with Crippen LogP contribution in [0.1, 0.15) is 18.9 Å². The summed E-state index contributed by atoms with van der Waals surface area (Å²) < 4.78 is 33.8. The van der Waals surface area contributed by atoms with Gasteiger partial charge in [0.2, 0.25) is 0 Å². The van der Waals surface area contributed by atoms with E-state index in [0.29, 0.717) is 42.5 Å². The molecule has 7 heteroatoms. The number of halogens is 1. The van der Waals surface area contributed by atoms with E-state index in [2.05, 4.69) is 0 Å². The fourth-order valence-electron chi connectivity index (χ4n) is 1.88. The van der Waals surface area contributed by atoms with Crippen molar-refractivity contribution in [1.82, 2.24) is 0 Å². The first kappa shape index (κ1) is 18.1. The molecule has 0 aliphatic heterocycles. The van der Waals surface area contributed by atoms with Gasteiger partial charge in [0.25, 0.3) is 0 Å². The first-order chi connectivity index (χ1) is 9.93. The minimum Gasteiger partial charge on any atom is -0.493 e. The maximum atomic E-state index is 11.4. The molecule has 0 bridgehead atoms. The Morgan fingerprint density at radius 1 is 1.33 bits per heavy atom. The zero-order valence-electron chi connectivity index (χ0n) is 12.4. The zero-order valence-corrected chi connectivity index (χ0v) is 14.0. The summed E-state index contributed by atoms with van der Waals surface area (Å²) in [6, 6.07) is 3.45. The highest BCUT2D eigenvalue weighted by Gasteiger charge is 2.13. The van der Waals surface area contributed by atoms with Gasteiger partial charge in [0.05, 0.1) is 19.5 Å². The van der Waals surface area contributed by atoms with E-state index in [4.69, 9.17) is 26.8 Å². The predicted octanol–water partition coefficient (Wildman–Crippen LogP) is 2.05. The molecule has 5 nitrogen and oxygen atoms in total. The monoisotopic (exact) mass is 335 g/mol. The maximum Gasteiger partial charge on any atom is 0.164 e. The smallest absolute Gasteiger partial charge is 0.164 e. The number of sulfone groups is 1. The highest BCUT2D eigenvalue weighted by atomic mass is 35.5. The van der Waals surface area contributed by atoms with Crippen LogP contribution in [-0.2, 0) is 16.3 Å². The standard InChI is InChI=1S/C14H22ClNO4S/c1-3-21(17,18)8-4-7-20-14-11(5-6-16)9-12(15)10-13(14)19-2/h9-10H,3-8,16H2,1-2H3. The molecule has 0 heterocycles. The molecule has 0 spiro atoms. The Morgan fingerprint density at radius 3 is 2.62 bits per heavy atom. The first-order valence-corrected chi connectivity index (χ1v) is 9.03. The Balaban J connectivity index is 2.77. The van der Waals surface area contributed by atoms with Gasteiger partial charge < -0.3 is 15.2 Å². The molecule has 0 amide bonds. The Labute approximate surface area is 131 Å². The summed E-state index contributed by atoms with van der Waals surface area (Å²) >= 11 is 6.02. The van der Waals surface area contributed by atoms with Gasteiger partial charge in [-0.2, -0.15) is 0 Å². The van der Waals surface area contributed by atoms with Crippen LogP contribution in [0.3, 0.4) is 0 Å². The first-order valence-electron chi connectivity index (χ1n) is 6.83. The summed E-state index contributed by atoms with van der Waals surface area (Å²) in [6.45, 7) is 2.40. The third kappa shape index (κ3) is 5.73. The molecule has 0 saturated heterocycles. The van der Waals surface area contributed by atoms with Crippen molar-refractivity contribution in [2.75, 3.05) is 31.8 Å². The molecule has 1 aromatic rings. The Kier molecular flexibility index (Phi) is 7.28. The van der Waals surface area contributed by atoms with E-state index in [1.807, 2.05) is 0 Å². The van der Waals surface area contributed by atoms with Gasteiger partial charge in [-0.15, -0.1) is 0 Å². The molecule has 0 aliphatic rings. The molecule has 1 rings (SSSR count). The van der Waals surface area contributed by atoms with Crippen molar-refractivity contribution < 1.29 is 17.9 Å². The molecule has 0 atom stereocenters. The normalized spacial score (nSPS) is 11.4. The van der Waals surface area contributed by atoms with Crippen molar-refractivity contribution in [3.8, 4) is 11.5 Å². The van der Waals surface area contributed by atoms with Gasteiger partial charge in [0.1, 0.15) is 9.84 Å². The summed E-state index contributed by atoms with van der Waals surface area (Å²) in [5.41, 5.74) is 6.44. The Morgan fingerprint density at radius 2 is 2.05 bits per heavy atom. The van der Waals surface area contributed by atoms with Crippen molar-refractivity contribution in [2.45, 2.75) is 19.8 Å². The lowest BCUT2D eigenvalue weighted by molar-refractivity contribution is 0.291. The summed E-state index contributed by atoms with van der Waals surface area (Å²) in [5.74, 6) is 1.38. The van der Waals surface area contributed by atoms with Crippen LogP contribution in [-0.4, -0.2) is 40.2 Å². The fourth-order valence-corrected chi connectivity index (χ4v) is 2.95. The van der Waals surface area contributed by atoms with Gasteiger partial charge in [-0.1, -0.05) is 18.5 Å². The molecule has 0 radical (unpaired) electrons. The Bertz CT molecular complexity index is 560. The third-order valence-corrected chi connectivity index (χ3v) is 5.02. The number of rotatable bonds is 9. The van der Waals surface area contributed by atoms with Crippen LogP contribution in [0.15, 0.2) is 12.1 Å². The zero-order chi connectivity index (χ0) is 15.9. The lowest BCUT2D eigenvalue weighted by atomic mass is 10.1. The van der Waals surface area contributed by atoms with Gasteiger partial charge in [0, 0.05) is 22.4 Å². The van der Waals surface area contributed by atoms with E-state index in [0.717, 1.165) is 5.56 Å². The number of hydrogen-bond donors (Lipinski definition) is 1. The van der Waals surface area contributed by atoms with Gasteiger partial charge in [-0.05, 0) is 25.5 Å². The quantitative estimate of drug-likeness (QED) is 0.699. The second-order valence-electron chi connectivity index (χ2n) is 4.57. The lowest BCUT2D eigenvalue weighted by Gasteiger charge is -2.15. The van der Waals surface area contributed by atoms with Crippen molar-refractivity contribution in [1.29, 1.82) is 0 Å². The van der Waals surface area contributed by atoms with E-state index < -0.39 is 9.84 Å². The van der Waals surface area contributed by atoms with Crippen molar-refractivity contribution in [2.24, 2.45) is 5.73 Å². The lowest BCUT2D eigenvalue weighted by Crippen LogP contribution is -2.13. The molecule has 120 valence electrons. The molecule has 0 aromatic heterocycles. The minimum atomic E-state index is -2.97. The van der Waals surface area contributed by atoms with Gasteiger partial charge >= 0.3 is 0 Å². The molecule has 21 heavy (non-hydrogen) atoms. The summed E-state index contributed by atoms with van der Waals surface area (Å²) in [4.78, 5) is 0. The highest BCUT2D eigenvalue weighted by Crippen LogP contribution is 2.35. The maximum absolute atomic E-state index is 11.4. The predicted molar refractivity (Wildman–Crippen MR) is 85.2 cm³/mol. The number of hydrogen-bond acceptors (Lipinski definition) is 5. The van der Waals surface area contributed by atoms with E-state index in [1.165, 1.54) is 7.11 Å². The average molecular weight is 336 g/mol. The molecule has 0 aliphatic carbocycles. The number of nitrogens with two attached hydrogens (primary N) is 1. The highest BCUT2D eigenvalue weighted by molar-refractivity contribution is 7.91. The summed E-state index contributed by atoms with van der Waals surface area (Å²) in [5, 5.41) is 0.552. The van der Waals surface area contributed by atoms with E-state index in [1.54, 1.807) is 19.1 Å². The van der Waals surface area contributed by atoms with Crippen LogP contribution < -0.4 is 15.2 Å². The molecule has 2 N–H and O–H groups in total. The van der Waals surface area contributed by atoms with Gasteiger partial charge in [0.15, 0.2) is 11.5 Å². The number of ether oxygens (including phenoxy) is 2. The van der Waals surface area contributed by atoms with E-state index in [9.17, 15) is 8.42 Å². The van der Waals surface area contributed by atoms with Crippen LogP contribution >= 0.6 is 11.6 Å². The van der Waals surface area contributed by atoms with Crippen molar-refractivity contribution in [3.05, 3.63) is 22.7 Å².